The van der Waals surface area contributed by atoms with E-state index in [4.69, 9.17) is 10.5 Å². The van der Waals surface area contributed by atoms with Crippen LogP contribution in [0.25, 0.3) is 0 Å². The Labute approximate surface area is 93.8 Å². The molecule has 1 aliphatic rings. The van der Waals surface area contributed by atoms with Crippen LogP contribution >= 0.6 is 0 Å². The quantitative estimate of drug-likeness (QED) is 0.715. The average molecular weight is 224 g/mol. The molecule has 0 saturated carbocycles. The summed E-state index contributed by atoms with van der Waals surface area (Å²) in [4.78, 5) is 13.8. The molecule has 16 heavy (non-hydrogen) atoms. The van der Waals surface area contributed by atoms with Crippen LogP contribution in [-0.4, -0.2) is 46.3 Å². The Bertz CT molecular complexity index is 399. The van der Waals surface area contributed by atoms with E-state index in [1.165, 1.54) is 0 Å². The molecule has 1 aliphatic heterocycles. The van der Waals surface area contributed by atoms with Gasteiger partial charge in [-0.15, -0.1) is 0 Å². The third-order valence-corrected chi connectivity index (χ3v) is 2.54. The number of nitrogens with zero attached hydrogens (tertiary/aromatic N) is 2. The first-order valence-corrected chi connectivity index (χ1v) is 5.22. The van der Waals surface area contributed by atoms with Gasteiger partial charge in [-0.25, -0.2) is 0 Å². The second-order valence-corrected chi connectivity index (χ2v) is 4.54. The fourth-order valence-electron chi connectivity index (χ4n) is 1.81. The van der Waals surface area contributed by atoms with Crippen LogP contribution in [0.1, 0.15) is 24.3 Å². The Hall–Kier alpha value is -1.56. The number of nitrogens with one attached hydrogen (secondary N) is 1. The lowest BCUT2D eigenvalue weighted by atomic mass is 10.1. The smallest absolute Gasteiger partial charge is 0.272 e. The number of carbonyl (C=O) groups is 1. The SMILES string of the molecule is CC1(C)CN(C(=O)c2cc(N)n[nH]2)CCO1. The maximum absolute atomic E-state index is 12.0. The Kier molecular flexibility index (Phi) is 2.59. The van der Waals surface area contributed by atoms with Crippen LogP contribution in [0, 0.1) is 0 Å². The van der Waals surface area contributed by atoms with Gasteiger partial charge >= 0.3 is 0 Å². The number of aromatic amines is 1. The molecule has 0 bridgehead atoms. The molecule has 88 valence electrons. The maximum atomic E-state index is 12.0. The topological polar surface area (TPSA) is 84.2 Å². The van der Waals surface area contributed by atoms with Crippen molar-refractivity contribution in [3.63, 3.8) is 0 Å². The zero-order valence-corrected chi connectivity index (χ0v) is 9.49. The minimum absolute atomic E-state index is 0.0828. The molecule has 0 atom stereocenters. The number of nitrogen functional groups attached to an aromatic ring is 1. The molecule has 1 amide bonds. The van der Waals surface area contributed by atoms with Crippen molar-refractivity contribution in [2.75, 3.05) is 25.4 Å². The van der Waals surface area contributed by atoms with Crippen molar-refractivity contribution in [2.24, 2.45) is 0 Å². The lowest BCUT2D eigenvalue weighted by Gasteiger charge is -2.37. The van der Waals surface area contributed by atoms with Gasteiger partial charge in [-0.2, -0.15) is 5.10 Å². The standard InChI is InChI=1S/C10H16N4O2/c1-10(2)6-14(3-4-16-10)9(15)7-5-8(11)13-12-7/h5H,3-4,6H2,1-2H3,(H3,11,12,13). The van der Waals surface area contributed by atoms with E-state index in [1.807, 2.05) is 13.8 Å². The monoisotopic (exact) mass is 224 g/mol. The van der Waals surface area contributed by atoms with Gasteiger partial charge in [0.25, 0.3) is 5.91 Å². The third kappa shape index (κ3) is 2.16. The van der Waals surface area contributed by atoms with E-state index in [-0.39, 0.29) is 11.5 Å². The minimum Gasteiger partial charge on any atom is -0.382 e. The van der Waals surface area contributed by atoms with E-state index < -0.39 is 0 Å². The molecule has 6 nitrogen and oxygen atoms in total. The van der Waals surface area contributed by atoms with Gasteiger partial charge in [0.15, 0.2) is 0 Å². The Balaban J connectivity index is 2.10. The number of amides is 1. The first-order chi connectivity index (χ1) is 7.48. The number of rotatable bonds is 1. The van der Waals surface area contributed by atoms with Gasteiger partial charge in [-0.05, 0) is 13.8 Å². The van der Waals surface area contributed by atoms with Crippen molar-refractivity contribution in [1.29, 1.82) is 0 Å². The van der Waals surface area contributed by atoms with Crippen molar-refractivity contribution in [1.82, 2.24) is 15.1 Å². The Morgan fingerprint density at radius 1 is 1.69 bits per heavy atom. The largest absolute Gasteiger partial charge is 0.382 e. The predicted octanol–water partition coefficient (Wildman–Crippen LogP) is 0.243. The van der Waals surface area contributed by atoms with E-state index in [0.29, 0.717) is 31.2 Å². The third-order valence-electron chi connectivity index (χ3n) is 2.54. The van der Waals surface area contributed by atoms with Crippen LogP contribution in [0.3, 0.4) is 0 Å². The normalized spacial score (nSPS) is 19.8. The van der Waals surface area contributed by atoms with Crippen molar-refractivity contribution < 1.29 is 9.53 Å². The van der Waals surface area contributed by atoms with Crippen molar-refractivity contribution >= 4 is 11.7 Å². The highest BCUT2D eigenvalue weighted by Gasteiger charge is 2.30. The molecule has 2 heterocycles. The van der Waals surface area contributed by atoms with Crippen LogP contribution in [0.15, 0.2) is 6.07 Å². The summed E-state index contributed by atoms with van der Waals surface area (Å²) in [6.07, 6.45) is 0. The molecular weight excluding hydrogens is 208 g/mol. The van der Waals surface area contributed by atoms with Gasteiger partial charge in [0.1, 0.15) is 11.5 Å². The number of morpholine rings is 1. The molecule has 0 radical (unpaired) electrons. The zero-order chi connectivity index (χ0) is 11.8. The zero-order valence-electron chi connectivity index (χ0n) is 9.49. The Morgan fingerprint density at radius 2 is 2.44 bits per heavy atom. The predicted molar refractivity (Wildman–Crippen MR) is 58.9 cm³/mol. The van der Waals surface area contributed by atoms with Gasteiger partial charge in [0.05, 0.1) is 12.2 Å². The average Bonchev–Trinajstić information content (AvgIpc) is 2.62. The summed E-state index contributed by atoms with van der Waals surface area (Å²) in [6, 6.07) is 1.55. The van der Waals surface area contributed by atoms with E-state index in [9.17, 15) is 4.79 Å². The summed E-state index contributed by atoms with van der Waals surface area (Å²) in [6.45, 7) is 5.66. The lowest BCUT2D eigenvalue weighted by molar-refractivity contribution is -0.0765. The fourth-order valence-corrected chi connectivity index (χ4v) is 1.81. The van der Waals surface area contributed by atoms with Gasteiger partial charge in [-0.3, -0.25) is 9.89 Å². The van der Waals surface area contributed by atoms with Crippen LogP contribution in [0.5, 0.6) is 0 Å². The van der Waals surface area contributed by atoms with Crippen LogP contribution < -0.4 is 5.73 Å². The van der Waals surface area contributed by atoms with Crippen LogP contribution in [0.2, 0.25) is 0 Å². The highest BCUT2D eigenvalue weighted by molar-refractivity contribution is 5.93. The second-order valence-electron chi connectivity index (χ2n) is 4.54. The summed E-state index contributed by atoms with van der Waals surface area (Å²) in [5, 5.41) is 6.37. The number of H-pyrrole nitrogens is 1. The summed E-state index contributed by atoms with van der Waals surface area (Å²) >= 11 is 0. The molecule has 1 saturated heterocycles. The van der Waals surface area contributed by atoms with Crippen LogP contribution in [0.4, 0.5) is 5.82 Å². The summed E-state index contributed by atoms with van der Waals surface area (Å²) in [7, 11) is 0. The maximum Gasteiger partial charge on any atom is 0.272 e. The van der Waals surface area contributed by atoms with Gasteiger partial charge in [0.2, 0.25) is 0 Å². The van der Waals surface area contributed by atoms with Gasteiger partial charge in [0, 0.05) is 19.2 Å². The van der Waals surface area contributed by atoms with Gasteiger partial charge in [-0.1, -0.05) is 0 Å². The summed E-state index contributed by atoms with van der Waals surface area (Å²) in [5.41, 5.74) is 5.60. The van der Waals surface area contributed by atoms with Gasteiger partial charge < -0.3 is 15.4 Å². The van der Waals surface area contributed by atoms with E-state index in [1.54, 1.807) is 11.0 Å². The molecule has 1 fully saturated rings. The molecule has 2 rings (SSSR count). The Morgan fingerprint density at radius 3 is 3.00 bits per heavy atom. The van der Waals surface area contributed by atoms with Crippen molar-refractivity contribution in [3.8, 4) is 0 Å². The summed E-state index contributed by atoms with van der Waals surface area (Å²) in [5.74, 6) is 0.247. The number of aromatic nitrogens is 2. The van der Waals surface area contributed by atoms with Crippen molar-refractivity contribution in [3.05, 3.63) is 11.8 Å². The first-order valence-electron chi connectivity index (χ1n) is 5.22. The molecule has 1 aromatic heterocycles. The molecule has 0 aliphatic carbocycles. The lowest BCUT2D eigenvalue weighted by Crippen LogP contribution is -2.50. The molecule has 1 aromatic rings. The molecule has 0 spiro atoms. The molecule has 3 N–H and O–H groups in total. The molecule has 0 aromatic carbocycles. The van der Waals surface area contributed by atoms with E-state index in [2.05, 4.69) is 10.2 Å². The minimum atomic E-state index is -0.292. The second kappa shape index (κ2) is 3.79. The highest BCUT2D eigenvalue weighted by atomic mass is 16.5. The number of nitrogens with two attached hydrogens (primary N) is 1. The fraction of sp³-hybridized carbons (Fsp3) is 0.600. The molecule has 0 unspecified atom stereocenters. The highest BCUT2D eigenvalue weighted by Crippen LogP contribution is 2.18. The summed E-state index contributed by atoms with van der Waals surface area (Å²) < 4.78 is 5.54. The first kappa shape index (κ1) is 10.9. The number of ether oxygens (including phenoxy) is 1. The van der Waals surface area contributed by atoms with E-state index in [0.717, 1.165) is 0 Å². The number of hydrogen-bond donors (Lipinski definition) is 2. The molecular formula is C10H16N4O2. The van der Waals surface area contributed by atoms with Crippen molar-refractivity contribution in [2.45, 2.75) is 19.4 Å². The number of anilines is 1. The number of hydrogen-bond acceptors (Lipinski definition) is 4. The molecule has 6 heteroatoms. The van der Waals surface area contributed by atoms with E-state index >= 15 is 0 Å². The number of carbonyl (C=O) groups excluding carboxylic acids is 1. The van der Waals surface area contributed by atoms with Crippen LogP contribution in [-0.2, 0) is 4.74 Å².